The van der Waals surface area contributed by atoms with Crippen LogP contribution in [0.4, 0.5) is 5.88 Å². The van der Waals surface area contributed by atoms with Crippen molar-refractivity contribution in [3.63, 3.8) is 0 Å². The smallest absolute Gasteiger partial charge is 0.348 e. The molecule has 0 spiro atoms. The van der Waals surface area contributed by atoms with E-state index in [0.717, 1.165) is 11.3 Å². The average Bonchev–Trinajstić information content (AvgIpc) is 3.37. The van der Waals surface area contributed by atoms with Gasteiger partial charge in [0.15, 0.2) is 11.7 Å². The predicted molar refractivity (Wildman–Crippen MR) is 114 cm³/mol. The van der Waals surface area contributed by atoms with Crippen LogP contribution in [0, 0.1) is 29.6 Å². The van der Waals surface area contributed by atoms with E-state index in [1.54, 1.807) is 26.0 Å². The molecule has 1 aliphatic rings. The number of hydrogen-bond donors (Lipinski definition) is 0. The summed E-state index contributed by atoms with van der Waals surface area (Å²) in [7, 11) is 0. The van der Waals surface area contributed by atoms with E-state index < -0.39 is 11.8 Å². The van der Waals surface area contributed by atoms with Crippen LogP contribution >= 0.6 is 11.3 Å². The maximum absolute atomic E-state index is 12.8. The number of ketones is 1. The topological polar surface area (TPSA) is 117 Å². The van der Waals surface area contributed by atoms with Crippen LogP contribution in [0.25, 0.3) is 6.08 Å². The molecular weight excluding hydrogens is 418 g/mol. The summed E-state index contributed by atoms with van der Waals surface area (Å²) in [5.74, 6) is 0.0583. The second-order valence-electron chi connectivity index (χ2n) is 6.73. The molecule has 1 saturated heterocycles. The van der Waals surface area contributed by atoms with E-state index in [2.05, 4.69) is 0 Å². The quantitative estimate of drug-likeness (QED) is 0.367. The van der Waals surface area contributed by atoms with Crippen LogP contribution in [0.5, 0.6) is 0 Å². The molecule has 1 aliphatic heterocycles. The van der Waals surface area contributed by atoms with Gasteiger partial charge in [-0.2, -0.15) is 10.5 Å². The van der Waals surface area contributed by atoms with Crippen molar-refractivity contribution in [2.45, 2.75) is 20.3 Å². The first-order valence-corrected chi connectivity index (χ1v) is 10.6. The molecule has 0 saturated carbocycles. The van der Waals surface area contributed by atoms with Gasteiger partial charge >= 0.3 is 5.97 Å². The fraction of sp³-hybridized carbons (Fsp3) is 0.364. The van der Waals surface area contributed by atoms with Gasteiger partial charge in [-0.1, -0.05) is 0 Å². The average molecular weight is 439 g/mol. The summed E-state index contributed by atoms with van der Waals surface area (Å²) in [6, 6.07) is 7.45. The van der Waals surface area contributed by atoms with E-state index in [1.807, 2.05) is 17.0 Å². The molecule has 0 amide bonds. The van der Waals surface area contributed by atoms with Gasteiger partial charge in [0.1, 0.15) is 22.8 Å². The number of esters is 1. The minimum Gasteiger partial charge on any atom is -0.462 e. The number of carbonyl (C=O) groups excluding carboxylic acids is 2. The lowest BCUT2D eigenvalue weighted by Gasteiger charge is -2.26. The zero-order valence-electron chi connectivity index (χ0n) is 17.3. The van der Waals surface area contributed by atoms with Crippen LogP contribution in [-0.2, 0) is 20.7 Å². The van der Waals surface area contributed by atoms with Crippen LogP contribution < -0.4 is 4.90 Å². The van der Waals surface area contributed by atoms with Crippen molar-refractivity contribution in [1.82, 2.24) is 0 Å². The Hall–Kier alpha value is -3.40. The fourth-order valence-electron chi connectivity index (χ4n) is 3.17. The highest BCUT2D eigenvalue weighted by Gasteiger charge is 2.23. The van der Waals surface area contributed by atoms with Crippen molar-refractivity contribution in [3.05, 3.63) is 44.3 Å². The zero-order chi connectivity index (χ0) is 22.4. The molecule has 1 fully saturated rings. The van der Waals surface area contributed by atoms with Crippen LogP contribution in [-0.4, -0.2) is 44.7 Å². The first-order chi connectivity index (χ1) is 15.0. The number of nitriles is 2. The molecule has 2 aromatic rings. The molecule has 31 heavy (non-hydrogen) atoms. The largest absolute Gasteiger partial charge is 0.462 e. The van der Waals surface area contributed by atoms with Crippen molar-refractivity contribution in [2.75, 3.05) is 37.8 Å². The van der Waals surface area contributed by atoms with Gasteiger partial charge in [0.2, 0.25) is 0 Å². The SMILES string of the molecule is CCOC(=O)c1sc(CC(=O)/C(C#N)=C/c2ccc(N3CCOCC3)o2)c(C#N)c1C. The molecule has 0 N–H and O–H groups in total. The van der Waals surface area contributed by atoms with Crippen molar-refractivity contribution in [1.29, 1.82) is 10.5 Å². The Morgan fingerprint density at radius 3 is 2.68 bits per heavy atom. The van der Waals surface area contributed by atoms with Gasteiger partial charge in [-0.25, -0.2) is 4.79 Å². The molecule has 0 aromatic carbocycles. The van der Waals surface area contributed by atoms with E-state index in [-0.39, 0.29) is 24.2 Å². The van der Waals surface area contributed by atoms with Crippen LogP contribution in [0.3, 0.4) is 0 Å². The van der Waals surface area contributed by atoms with E-state index in [1.165, 1.54) is 6.08 Å². The van der Waals surface area contributed by atoms with Gasteiger partial charge in [0.05, 0.1) is 31.0 Å². The highest BCUT2D eigenvalue weighted by Crippen LogP contribution is 2.30. The molecule has 3 rings (SSSR count). The Labute approximate surface area is 183 Å². The lowest BCUT2D eigenvalue weighted by molar-refractivity contribution is -0.114. The molecule has 0 atom stereocenters. The Kier molecular flexibility index (Phi) is 7.24. The number of ether oxygens (including phenoxy) is 2. The number of furan rings is 1. The minimum atomic E-state index is -0.525. The third kappa shape index (κ3) is 5.02. The number of rotatable bonds is 7. The number of carbonyl (C=O) groups is 2. The molecule has 0 radical (unpaired) electrons. The van der Waals surface area contributed by atoms with Crippen molar-refractivity contribution >= 4 is 35.0 Å². The molecule has 0 bridgehead atoms. The third-order valence-electron chi connectivity index (χ3n) is 4.76. The summed E-state index contributed by atoms with van der Waals surface area (Å²) in [5, 5.41) is 19.0. The summed E-state index contributed by atoms with van der Waals surface area (Å²) < 4.78 is 16.1. The van der Waals surface area contributed by atoms with E-state index in [9.17, 15) is 20.1 Å². The van der Waals surface area contributed by atoms with Crippen LogP contribution in [0.1, 0.15) is 38.4 Å². The Balaban J connectivity index is 1.80. The van der Waals surface area contributed by atoms with Gasteiger partial charge in [-0.05, 0) is 25.5 Å². The van der Waals surface area contributed by atoms with E-state index >= 15 is 0 Å². The van der Waals surface area contributed by atoms with Crippen LogP contribution in [0.15, 0.2) is 22.1 Å². The summed E-state index contributed by atoms with van der Waals surface area (Å²) in [6.45, 7) is 6.19. The first kappa shape index (κ1) is 22.3. The van der Waals surface area contributed by atoms with Gasteiger partial charge in [-0.3, -0.25) is 4.79 Å². The Bertz CT molecular complexity index is 1090. The first-order valence-electron chi connectivity index (χ1n) is 9.75. The third-order valence-corrected chi connectivity index (χ3v) is 6.03. The van der Waals surface area contributed by atoms with E-state index in [4.69, 9.17) is 13.9 Å². The second kappa shape index (κ2) is 10.1. The lowest BCUT2D eigenvalue weighted by atomic mass is 10.0. The lowest BCUT2D eigenvalue weighted by Crippen LogP contribution is -2.35. The minimum absolute atomic E-state index is 0.0875. The molecule has 160 valence electrons. The number of allylic oxidation sites excluding steroid dienone is 1. The Morgan fingerprint density at radius 1 is 1.29 bits per heavy atom. The highest BCUT2D eigenvalue weighted by molar-refractivity contribution is 7.14. The summed E-state index contributed by atoms with van der Waals surface area (Å²) in [4.78, 5) is 27.6. The van der Waals surface area contributed by atoms with Crippen molar-refractivity contribution in [3.8, 4) is 12.1 Å². The maximum Gasteiger partial charge on any atom is 0.348 e. The molecule has 0 aliphatic carbocycles. The molecule has 3 heterocycles. The number of nitrogens with zero attached hydrogens (tertiary/aromatic N) is 3. The fourth-order valence-corrected chi connectivity index (χ4v) is 4.32. The molecule has 2 aromatic heterocycles. The van der Waals surface area contributed by atoms with Crippen molar-refractivity contribution < 1.29 is 23.5 Å². The van der Waals surface area contributed by atoms with Gasteiger partial charge < -0.3 is 18.8 Å². The zero-order valence-corrected chi connectivity index (χ0v) is 18.1. The van der Waals surface area contributed by atoms with Gasteiger partial charge in [-0.15, -0.1) is 11.3 Å². The molecular formula is C22H21N3O5S. The van der Waals surface area contributed by atoms with E-state index in [0.29, 0.717) is 53.3 Å². The van der Waals surface area contributed by atoms with Gasteiger partial charge in [0.25, 0.3) is 0 Å². The highest BCUT2D eigenvalue weighted by atomic mass is 32.1. The second-order valence-corrected chi connectivity index (χ2v) is 7.84. The molecule has 9 heteroatoms. The monoisotopic (exact) mass is 439 g/mol. The summed E-state index contributed by atoms with van der Waals surface area (Å²) >= 11 is 1.05. The van der Waals surface area contributed by atoms with Crippen molar-refractivity contribution in [2.24, 2.45) is 0 Å². The summed E-state index contributed by atoms with van der Waals surface area (Å²) in [6.07, 6.45) is 1.23. The molecule has 8 nitrogen and oxygen atoms in total. The number of hydrogen-bond acceptors (Lipinski definition) is 9. The standard InChI is InChI=1S/C22H21N3O5S/c1-3-29-22(27)21-14(2)17(13-24)19(31-21)11-18(26)15(12-23)10-16-4-5-20(30-16)25-6-8-28-9-7-25/h4-5,10H,3,6-9,11H2,1-2H3/b15-10+. The Morgan fingerprint density at radius 2 is 2.03 bits per heavy atom. The maximum atomic E-state index is 12.8. The van der Waals surface area contributed by atoms with Crippen LogP contribution in [0.2, 0.25) is 0 Å². The van der Waals surface area contributed by atoms with Gasteiger partial charge in [0, 0.05) is 36.5 Å². The predicted octanol–water partition coefficient (Wildman–Crippen LogP) is 3.25. The molecule has 0 unspecified atom stereocenters. The number of thiophene rings is 1. The number of Topliss-reactive ketones (excluding diaryl/α,β-unsaturated/α-hetero) is 1. The normalized spacial score (nSPS) is 14.1. The number of anilines is 1. The number of morpholine rings is 1. The summed E-state index contributed by atoms with van der Waals surface area (Å²) in [5.41, 5.74) is 0.666.